The zero-order valence-corrected chi connectivity index (χ0v) is 11.5. The van der Waals surface area contributed by atoms with E-state index < -0.39 is 17.6 Å². The van der Waals surface area contributed by atoms with Gasteiger partial charge in [-0.15, -0.1) is 0 Å². The maximum Gasteiger partial charge on any atom is 0.416 e. The Morgan fingerprint density at radius 2 is 1.90 bits per heavy atom. The second kappa shape index (κ2) is 5.72. The van der Waals surface area contributed by atoms with Crippen LogP contribution in [0.4, 0.5) is 17.6 Å². The van der Waals surface area contributed by atoms with Crippen LogP contribution in [-0.2, 0) is 12.7 Å². The van der Waals surface area contributed by atoms with Gasteiger partial charge < -0.3 is 5.32 Å². The molecule has 0 aliphatic heterocycles. The molecule has 1 saturated carbocycles. The molecular weight excluding hydrogens is 270 g/mol. The summed E-state index contributed by atoms with van der Waals surface area (Å²) >= 11 is 0. The van der Waals surface area contributed by atoms with Crippen molar-refractivity contribution in [2.24, 2.45) is 5.41 Å². The Labute approximate surface area is 116 Å². The molecule has 20 heavy (non-hydrogen) atoms. The number of benzene rings is 1. The van der Waals surface area contributed by atoms with Gasteiger partial charge in [-0.25, -0.2) is 4.39 Å². The Morgan fingerprint density at radius 1 is 1.20 bits per heavy atom. The highest BCUT2D eigenvalue weighted by atomic mass is 19.4. The molecule has 0 unspecified atom stereocenters. The molecule has 0 saturated heterocycles. The first-order valence-corrected chi connectivity index (χ1v) is 6.92. The Hall–Kier alpha value is -1.10. The van der Waals surface area contributed by atoms with Crippen molar-refractivity contribution in [3.63, 3.8) is 0 Å². The highest BCUT2D eigenvalue weighted by molar-refractivity contribution is 5.26. The predicted molar refractivity (Wildman–Crippen MR) is 69.7 cm³/mol. The molecule has 0 bridgehead atoms. The van der Waals surface area contributed by atoms with E-state index in [1.807, 2.05) is 0 Å². The van der Waals surface area contributed by atoms with E-state index in [4.69, 9.17) is 0 Å². The lowest BCUT2D eigenvalue weighted by Crippen LogP contribution is -2.39. The van der Waals surface area contributed by atoms with Gasteiger partial charge in [0.2, 0.25) is 0 Å². The fraction of sp³-hybridized carbons (Fsp3) is 0.600. The summed E-state index contributed by atoms with van der Waals surface area (Å²) < 4.78 is 51.0. The van der Waals surface area contributed by atoms with Gasteiger partial charge in [-0.05, 0) is 48.4 Å². The highest BCUT2D eigenvalue weighted by Gasteiger charge is 2.34. The molecule has 0 radical (unpaired) electrons. The van der Waals surface area contributed by atoms with Gasteiger partial charge in [-0.3, -0.25) is 0 Å². The van der Waals surface area contributed by atoms with Crippen LogP contribution in [0.3, 0.4) is 0 Å². The third-order valence-electron chi connectivity index (χ3n) is 4.28. The fourth-order valence-electron chi connectivity index (χ4n) is 2.72. The first-order valence-electron chi connectivity index (χ1n) is 6.92. The van der Waals surface area contributed by atoms with Gasteiger partial charge in [0, 0.05) is 13.1 Å². The minimum atomic E-state index is -4.50. The van der Waals surface area contributed by atoms with Gasteiger partial charge in [-0.2, -0.15) is 13.2 Å². The van der Waals surface area contributed by atoms with Crippen LogP contribution in [0.1, 0.15) is 43.7 Å². The van der Waals surface area contributed by atoms with E-state index in [1.54, 1.807) is 0 Å². The van der Waals surface area contributed by atoms with Gasteiger partial charge >= 0.3 is 6.18 Å². The van der Waals surface area contributed by atoms with Crippen LogP contribution in [0.2, 0.25) is 0 Å². The monoisotopic (exact) mass is 289 g/mol. The van der Waals surface area contributed by atoms with Crippen LogP contribution in [-0.4, -0.2) is 6.54 Å². The van der Waals surface area contributed by atoms with Crippen LogP contribution in [0.25, 0.3) is 0 Å². The van der Waals surface area contributed by atoms with Crippen LogP contribution >= 0.6 is 0 Å². The van der Waals surface area contributed by atoms with Crippen molar-refractivity contribution in [2.75, 3.05) is 6.54 Å². The van der Waals surface area contributed by atoms with Crippen molar-refractivity contribution in [1.29, 1.82) is 0 Å². The molecule has 0 spiro atoms. The van der Waals surface area contributed by atoms with Crippen molar-refractivity contribution in [3.8, 4) is 0 Å². The molecule has 2 rings (SSSR count). The van der Waals surface area contributed by atoms with E-state index in [2.05, 4.69) is 12.2 Å². The lowest BCUT2D eigenvalue weighted by atomic mass is 9.67. The molecule has 0 atom stereocenters. The maximum absolute atomic E-state index is 13.2. The van der Waals surface area contributed by atoms with E-state index in [-0.39, 0.29) is 6.54 Å². The summed E-state index contributed by atoms with van der Waals surface area (Å²) in [4.78, 5) is 0. The molecule has 1 nitrogen and oxygen atoms in total. The molecule has 0 aromatic heterocycles. The number of hydrogen-bond donors (Lipinski definition) is 1. The molecule has 1 aromatic carbocycles. The molecule has 1 aliphatic rings. The number of halogens is 4. The van der Waals surface area contributed by atoms with Crippen molar-refractivity contribution in [1.82, 2.24) is 5.32 Å². The quantitative estimate of drug-likeness (QED) is 0.786. The van der Waals surface area contributed by atoms with Crippen LogP contribution in [0.5, 0.6) is 0 Å². The van der Waals surface area contributed by atoms with Crippen LogP contribution in [0, 0.1) is 11.2 Å². The van der Waals surface area contributed by atoms with Crippen molar-refractivity contribution < 1.29 is 17.6 Å². The van der Waals surface area contributed by atoms with Crippen LogP contribution < -0.4 is 5.32 Å². The van der Waals surface area contributed by atoms with E-state index in [9.17, 15) is 17.6 Å². The van der Waals surface area contributed by atoms with Crippen LogP contribution in [0.15, 0.2) is 18.2 Å². The molecule has 0 amide bonds. The second-order valence-electron chi connectivity index (χ2n) is 5.66. The third kappa shape index (κ3) is 3.51. The highest BCUT2D eigenvalue weighted by Crippen LogP contribution is 2.43. The topological polar surface area (TPSA) is 12.0 Å². The standard InChI is InChI=1S/C15H19F4N/c1-2-14(4-3-5-14)10-20-9-11-6-12(15(17,18)19)8-13(16)7-11/h6-8,20H,2-5,9-10H2,1H3. The molecule has 1 fully saturated rings. The maximum atomic E-state index is 13.2. The number of nitrogens with one attached hydrogen (secondary N) is 1. The molecule has 112 valence electrons. The van der Waals surface area contributed by atoms with E-state index >= 15 is 0 Å². The van der Waals surface area contributed by atoms with Gasteiger partial charge in [0.05, 0.1) is 5.56 Å². The van der Waals surface area contributed by atoms with E-state index in [1.165, 1.54) is 6.42 Å². The van der Waals surface area contributed by atoms with Crippen molar-refractivity contribution >= 4 is 0 Å². The zero-order chi connectivity index (χ0) is 14.8. The summed E-state index contributed by atoms with van der Waals surface area (Å²) in [6.07, 6.45) is 0.0982. The minimum Gasteiger partial charge on any atom is -0.312 e. The minimum absolute atomic E-state index is 0.266. The predicted octanol–water partition coefficient (Wildman–Crippen LogP) is 4.51. The fourth-order valence-corrected chi connectivity index (χ4v) is 2.72. The second-order valence-corrected chi connectivity index (χ2v) is 5.66. The SMILES string of the molecule is CCC1(CNCc2cc(F)cc(C(F)(F)F)c2)CCC1. The van der Waals surface area contributed by atoms with Gasteiger partial charge in [0.1, 0.15) is 5.82 Å². The lowest BCUT2D eigenvalue weighted by Gasteiger charge is -2.41. The average Bonchev–Trinajstić information content (AvgIpc) is 2.31. The Kier molecular flexibility index (Phi) is 4.37. The first-order chi connectivity index (χ1) is 9.35. The third-order valence-corrected chi connectivity index (χ3v) is 4.28. The first kappa shape index (κ1) is 15.3. The Morgan fingerprint density at radius 3 is 2.40 bits per heavy atom. The molecule has 5 heteroatoms. The molecule has 1 N–H and O–H groups in total. The Balaban J connectivity index is 1.97. The zero-order valence-electron chi connectivity index (χ0n) is 11.5. The summed E-state index contributed by atoms with van der Waals surface area (Å²) in [5, 5.41) is 3.17. The van der Waals surface area contributed by atoms with Gasteiger partial charge in [-0.1, -0.05) is 13.3 Å². The molecule has 1 aromatic rings. The van der Waals surface area contributed by atoms with Gasteiger partial charge in [0.15, 0.2) is 0 Å². The summed E-state index contributed by atoms with van der Waals surface area (Å²) in [5.74, 6) is -0.842. The van der Waals surface area contributed by atoms with E-state index in [0.29, 0.717) is 17.0 Å². The molecule has 0 heterocycles. The summed E-state index contributed by atoms with van der Waals surface area (Å²) in [6, 6.07) is 2.69. The number of hydrogen-bond acceptors (Lipinski definition) is 1. The van der Waals surface area contributed by atoms with Crippen molar-refractivity contribution in [3.05, 3.63) is 35.1 Å². The smallest absolute Gasteiger partial charge is 0.312 e. The van der Waals surface area contributed by atoms with E-state index in [0.717, 1.165) is 37.9 Å². The normalized spacial score (nSPS) is 17.9. The number of rotatable bonds is 5. The molecule has 1 aliphatic carbocycles. The summed E-state index contributed by atoms with van der Waals surface area (Å²) in [6.45, 7) is 3.18. The Bertz CT molecular complexity index is 458. The summed E-state index contributed by atoms with van der Waals surface area (Å²) in [5.41, 5.74) is -0.300. The summed E-state index contributed by atoms with van der Waals surface area (Å²) in [7, 11) is 0. The largest absolute Gasteiger partial charge is 0.416 e. The average molecular weight is 289 g/mol. The van der Waals surface area contributed by atoms with Crippen molar-refractivity contribution in [2.45, 2.75) is 45.3 Å². The lowest BCUT2D eigenvalue weighted by molar-refractivity contribution is -0.137. The van der Waals surface area contributed by atoms with Gasteiger partial charge in [0.25, 0.3) is 0 Å². The number of alkyl halides is 3. The molecular formula is C15H19F4N.